The molecule has 0 radical (unpaired) electrons. The minimum atomic E-state index is -4.82. The van der Waals surface area contributed by atoms with E-state index >= 15 is 0 Å². The Bertz CT molecular complexity index is 1020. The minimum absolute atomic E-state index is 0.151. The van der Waals surface area contributed by atoms with Gasteiger partial charge in [0, 0.05) is 6.07 Å². The highest BCUT2D eigenvalue weighted by molar-refractivity contribution is 8.00. The number of rotatable bonds is 6. The topological polar surface area (TPSA) is 69.9 Å². The number of carbonyl (C=O) groups excluding carboxylic acids is 1. The van der Waals surface area contributed by atoms with Crippen molar-refractivity contribution in [3.63, 3.8) is 0 Å². The Morgan fingerprint density at radius 1 is 1.14 bits per heavy atom. The summed E-state index contributed by atoms with van der Waals surface area (Å²) in [5.41, 5.74) is 0.0405. The van der Waals surface area contributed by atoms with E-state index in [1.807, 2.05) is 0 Å². The molecule has 0 aliphatic heterocycles. The molecule has 152 valence electrons. The number of tetrazole rings is 1. The Kier molecular flexibility index (Phi) is 5.82. The Morgan fingerprint density at radius 2 is 1.83 bits per heavy atom. The van der Waals surface area contributed by atoms with Crippen LogP contribution in [-0.2, 0) is 0 Å². The predicted molar refractivity (Wildman–Crippen MR) is 91.8 cm³/mol. The van der Waals surface area contributed by atoms with E-state index in [9.17, 15) is 26.7 Å². The van der Waals surface area contributed by atoms with Crippen LogP contribution in [0.4, 0.5) is 22.0 Å². The molecule has 6 nitrogen and oxygen atoms in total. The number of benzene rings is 2. The van der Waals surface area contributed by atoms with Gasteiger partial charge in [-0.05, 0) is 53.7 Å². The predicted octanol–water partition coefficient (Wildman–Crippen LogP) is 4.20. The third-order valence-corrected chi connectivity index (χ3v) is 4.64. The number of halogens is 5. The number of thioether (sulfide) groups is 1. The van der Waals surface area contributed by atoms with Crippen molar-refractivity contribution >= 4 is 17.5 Å². The summed E-state index contributed by atoms with van der Waals surface area (Å²) in [6, 6.07) is 7.40. The number of aromatic nitrogens is 4. The molecular weight excluding hydrogens is 419 g/mol. The molecule has 0 aliphatic carbocycles. The van der Waals surface area contributed by atoms with Gasteiger partial charge in [0.15, 0.2) is 5.78 Å². The summed E-state index contributed by atoms with van der Waals surface area (Å²) in [6.45, 7) is 1.50. The second kappa shape index (κ2) is 8.15. The van der Waals surface area contributed by atoms with Gasteiger partial charge in [0.25, 0.3) is 0 Å². The van der Waals surface area contributed by atoms with E-state index in [1.165, 1.54) is 23.7 Å². The van der Waals surface area contributed by atoms with Crippen LogP contribution < -0.4 is 4.74 Å². The molecule has 1 aromatic heterocycles. The van der Waals surface area contributed by atoms with Gasteiger partial charge in [0.2, 0.25) is 5.16 Å². The third-order valence-electron chi connectivity index (χ3n) is 3.60. The molecule has 0 fully saturated rings. The van der Waals surface area contributed by atoms with E-state index in [1.54, 1.807) is 0 Å². The van der Waals surface area contributed by atoms with Gasteiger partial charge in [-0.1, -0.05) is 11.8 Å². The number of hydrogen-bond acceptors (Lipinski definition) is 6. The van der Waals surface area contributed by atoms with Gasteiger partial charge in [-0.3, -0.25) is 4.79 Å². The van der Waals surface area contributed by atoms with Gasteiger partial charge in [-0.15, -0.1) is 18.3 Å². The average molecular weight is 430 g/mol. The van der Waals surface area contributed by atoms with Gasteiger partial charge >= 0.3 is 6.36 Å². The first-order chi connectivity index (χ1) is 13.6. The summed E-state index contributed by atoms with van der Waals surface area (Å²) >= 11 is 0.907. The molecule has 29 heavy (non-hydrogen) atoms. The zero-order chi connectivity index (χ0) is 21.2. The van der Waals surface area contributed by atoms with E-state index < -0.39 is 34.8 Å². The molecule has 1 heterocycles. The van der Waals surface area contributed by atoms with Crippen LogP contribution in [0, 0.1) is 11.6 Å². The second-order valence-corrected chi connectivity index (χ2v) is 6.97. The van der Waals surface area contributed by atoms with E-state index in [4.69, 9.17) is 0 Å². The summed E-state index contributed by atoms with van der Waals surface area (Å²) in [6.07, 6.45) is -4.82. The number of ketones is 1. The zero-order valence-electron chi connectivity index (χ0n) is 14.5. The van der Waals surface area contributed by atoms with Crippen molar-refractivity contribution in [1.29, 1.82) is 0 Å². The lowest BCUT2D eigenvalue weighted by molar-refractivity contribution is -0.274. The Labute approximate surface area is 164 Å². The van der Waals surface area contributed by atoms with Crippen LogP contribution in [0.3, 0.4) is 0 Å². The first kappa shape index (κ1) is 20.7. The average Bonchev–Trinajstić information content (AvgIpc) is 3.08. The molecule has 0 bridgehead atoms. The normalized spacial score (nSPS) is 12.6. The first-order valence-corrected chi connectivity index (χ1v) is 8.82. The SMILES string of the molecule is CC(Sc1nnnn1-c1ccc(OC(F)(F)F)cc1)C(=O)c1ccc(F)cc1F. The fourth-order valence-electron chi connectivity index (χ4n) is 2.32. The fraction of sp³-hybridized carbons (Fsp3) is 0.176. The summed E-state index contributed by atoms with van der Waals surface area (Å²) in [5, 5.41) is 10.3. The second-order valence-electron chi connectivity index (χ2n) is 5.66. The lowest BCUT2D eigenvalue weighted by Crippen LogP contribution is -2.17. The highest BCUT2D eigenvalue weighted by Gasteiger charge is 2.31. The van der Waals surface area contributed by atoms with Crippen LogP contribution >= 0.6 is 11.8 Å². The van der Waals surface area contributed by atoms with E-state index in [0.29, 0.717) is 11.8 Å². The highest BCUT2D eigenvalue weighted by atomic mass is 32.2. The Balaban J connectivity index is 1.77. The lowest BCUT2D eigenvalue weighted by atomic mass is 10.1. The smallest absolute Gasteiger partial charge is 0.406 e. The lowest BCUT2D eigenvalue weighted by Gasteiger charge is -2.12. The monoisotopic (exact) mass is 430 g/mol. The molecule has 1 atom stereocenters. The summed E-state index contributed by atoms with van der Waals surface area (Å²) in [5.74, 6) is -2.81. The third kappa shape index (κ3) is 5.08. The highest BCUT2D eigenvalue weighted by Crippen LogP contribution is 2.28. The van der Waals surface area contributed by atoms with Crippen molar-refractivity contribution in [2.75, 3.05) is 0 Å². The van der Waals surface area contributed by atoms with Gasteiger partial charge in [-0.2, -0.15) is 4.68 Å². The van der Waals surface area contributed by atoms with Crippen molar-refractivity contribution in [2.45, 2.75) is 23.7 Å². The van der Waals surface area contributed by atoms with Crippen LogP contribution in [0.5, 0.6) is 5.75 Å². The van der Waals surface area contributed by atoms with Crippen LogP contribution in [-0.4, -0.2) is 37.6 Å². The molecule has 0 N–H and O–H groups in total. The standard InChI is InChI=1S/C17H11F5N4O2S/c1-9(15(27)13-7-2-10(18)8-14(13)19)29-16-23-24-25-26(16)11-3-5-12(6-4-11)28-17(20,21)22/h2-9H,1H3. The van der Waals surface area contributed by atoms with Crippen molar-refractivity contribution in [1.82, 2.24) is 20.2 Å². The molecule has 2 aromatic carbocycles. The number of alkyl halides is 3. The quantitative estimate of drug-likeness (QED) is 0.332. The van der Waals surface area contributed by atoms with Crippen molar-refractivity contribution in [3.05, 3.63) is 59.7 Å². The van der Waals surface area contributed by atoms with Crippen molar-refractivity contribution < 1.29 is 31.5 Å². The maximum atomic E-state index is 13.8. The number of Topliss-reactive ketones (excluding diaryl/α,β-unsaturated/α-hetero) is 1. The molecule has 0 saturated carbocycles. The van der Waals surface area contributed by atoms with Crippen LogP contribution in [0.15, 0.2) is 47.6 Å². The van der Waals surface area contributed by atoms with Crippen molar-refractivity contribution in [2.24, 2.45) is 0 Å². The molecular formula is C17H11F5N4O2S. The van der Waals surface area contributed by atoms with Crippen LogP contribution in [0.25, 0.3) is 5.69 Å². The van der Waals surface area contributed by atoms with Gasteiger partial charge in [-0.25, -0.2) is 8.78 Å². The molecule has 0 spiro atoms. The molecule has 3 rings (SSSR count). The molecule has 0 amide bonds. The Morgan fingerprint density at radius 3 is 2.45 bits per heavy atom. The molecule has 12 heteroatoms. The minimum Gasteiger partial charge on any atom is -0.406 e. The fourth-order valence-corrected chi connectivity index (χ4v) is 3.20. The molecule has 0 saturated heterocycles. The van der Waals surface area contributed by atoms with Crippen LogP contribution in [0.1, 0.15) is 17.3 Å². The number of carbonyl (C=O) groups is 1. The maximum Gasteiger partial charge on any atom is 0.573 e. The molecule has 0 aliphatic rings. The van der Waals surface area contributed by atoms with E-state index in [-0.39, 0.29) is 10.7 Å². The molecule has 3 aromatic rings. The number of ether oxygens (including phenoxy) is 1. The first-order valence-electron chi connectivity index (χ1n) is 7.94. The van der Waals surface area contributed by atoms with E-state index in [0.717, 1.165) is 36.0 Å². The largest absolute Gasteiger partial charge is 0.573 e. The number of nitrogens with zero attached hydrogens (tertiary/aromatic N) is 4. The number of hydrogen-bond donors (Lipinski definition) is 0. The Hall–Kier alpha value is -3.02. The summed E-state index contributed by atoms with van der Waals surface area (Å²) in [7, 11) is 0. The van der Waals surface area contributed by atoms with E-state index in [2.05, 4.69) is 20.3 Å². The van der Waals surface area contributed by atoms with Crippen LogP contribution in [0.2, 0.25) is 0 Å². The van der Waals surface area contributed by atoms with Crippen molar-refractivity contribution in [3.8, 4) is 11.4 Å². The van der Waals surface area contributed by atoms with Gasteiger partial charge < -0.3 is 4.74 Å². The van der Waals surface area contributed by atoms with Gasteiger partial charge in [0.1, 0.15) is 17.4 Å². The summed E-state index contributed by atoms with van der Waals surface area (Å²) < 4.78 is 68.6. The van der Waals surface area contributed by atoms with Gasteiger partial charge in [0.05, 0.1) is 16.5 Å². The molecule has 1 unspecified atom stereocenters. The summed E-state index contributed by atoms with van der Waals surface area (Å²) in [4.78, 5) is 12.4. The zero-order valence-corrected chi connectivity index (χ0v) is 15.3. The maximum absolute atomic E-state index is 13.8.